The Morgan fingerprint density at radius 1 is 0.556 bits per heavy atom. The molecule has 0 saturated heterocycles. The highest BCUT2D eigenvalue weighted by molar-refractivity contribution is 7.37. The minimum atomic E-state index is -2.85. The smallest absolute Gasteiger partial charge is 0.357 e. The molecule has 0 bridgehead atoms. The molecule has 0 aromatic rings. The van der Waals surface area contributed by atoms with Gasteiger partial charge in [0.2, 0.25) is 0 Å². The molecule has 9 heavy (non-hydrogen) atoms. The predicted octanol–water partition coefficient (Wildman–Crippen LogP) is -7.14. The molecule has 0 fully saturated rings. The van der Waals surface area contributed by atoms with Gasteiger partial charge in [-0.15, -0.1) is 0 Å². The first-order chi connectivity index (χ1) is 3.46. The molecule has 0 saturated carbocycles. The van der Waals surface area contributed by atoms with E-state index >= 15 is 0 Å². The van der Waals surface area contributed by atoms with Crippen molar-refractivity contribution in [1.29, 1.82) is 0 Å². The summed E-state index contributed by atoms with van der Waals surface area (Å²) >= 11 is 0. The van der Waals surface area contributed by atoms with Gasteiger partial charge in [-0.3, -0.25) is 0 Å². The molecule has 0 rings (SSSR count). The second-order valence-corrected chi connectivity index (χ2v) is 1.13. The van der Waals surface area contributed by atoms with Gasteiger partial charge in [-0.25, -0.2) is 0 Å². The van der Waals surface area contributed by atoms with Gasteiger partial charge in [0.05, 0.1) is 21.6 Å². The Morgan fingerprint density at radius 2 is 0.556 bits per heavy atom. The van der Waals surface area contributed by atoms with Gasteiger partial charge in [0, 0.05) is 0 Å². The molecule has 6 nitrogen and oxygen atoms in total. The van der Waals surface area contributed by atoms with Crippen LogP contribution < -0.4 is 28.0 Å². The molecule has 0 unspecified atom stereocenters. The van der Waals surface area contributed by atoms with Crippen molar-refractivity contribution < 1.29 is 49.5 Å². The third-order valence-electron chi connectivity index (χ3n) is 0. The van der Waals surface area contributed by atoms with Gasteiger partial charge >= 0.3 is 13.5 Å². The first kappa shape index (κ1) is 16.3. The molecule has 0 aromatic carbocycles. The van der Waals surface area contributed by atoms with E-state index < -0.39 is 21.6 Å². The minimum absolute atomic E-state index is 0. The zero-order chi connectivity index (χ0) is 7.15. The highest BCUT2D eigenvalue weighted by Gasteiger charge is 2.00. The van der Waals surface area contributed by atoms with Crippen molar-refractivity contribution in [3.05, 3.63) is 0 Å². The van der Waals surface area contributed by atoms with E-state index in [1.165, 1.54) is 0 Å². The van der Waals surface area contributed by atoms with E-state index in [4.69, 9.17) is 28.0 Å². The van der Waals surface area contributed by atoms with Crippen molar-refractivity contribution in [3.63, 3.8) is 0 Å². The van der Waals surface area contributed by atoms with Crippen molar-refractivity contribution in [2.45, 2.75) is 0 Å². The van der Waals surface area contributed by atoms with Crippen LogP contribution in [-0.4, -0.2) is 0 Å². The zero-order valence-electron chi connectivity index (χ0n) is 3.61. The SMILES string of the molecule is [O-][Cl+2]([O-])[O-].[O-][Cl+2]([O-])[O-].[S+2]. The van der Waals surface area contributed by atoms with E-state index in [2.05, 4.69) is 0 Å². The van der Waals surface area contributed by atoms with Crippen molar-refractivity contribution >= 4 is 13.5 Å². The summed E-state index contributed by atoms with van der Waals surface area (Å²) in [5.74, 6) is 0. The molecule has 0 N–H and O–H groups in total. The standard InChI is InChI=1S/2ClO3.S/c2*2-1(3)4;/q2*-1;+2. The lowest BCUT2D eigenvalue weighted by Gasteiger charge is -1.89. The summed E-state index contributed by atoms with van der Waals surface area (Å²) in [6, 6.07) is 0. The van der Waals surface area contributed by atoms with E-state index in [0.29, 0.717) is 0 Å². The fourth-order valence-corrected chi connectivity index (χ4v) is 0. The van der Waals surface area contributed by atoms with E-state index in [1.54, 1.807) is 0 Å². The Balaban J connectivity index is -0.0000000720. The Morgan fingerprint density at radius 3 is 0.556 bits per heavy atom. The van der Waals surface area contributed by atoms with Crippen LogP contribution in [-0.2, 0) is 13.5 Å². The summed E-state index contributed by atoms with van der Waals surface area (Å²) in [5.41, 5.74) is 0. The van der Waals surface area contributed by atoms with Gasteiger partial charge in [0.1, 0.15) is 0 Å². The molecule has 56 valence electrons. The third-order valence-corrected chi connectivity index (χ3v) is 0. The normalized spacial score (nSPS) is 8.00. The summed E-state index contributed by atoms with van der Waals surface area (Å²) in [4.78, 5) is 0. The number of rotatable bonds is 0. The van der Waals surface area contributed by atoms with Crippen molar-refractivity contribution in [1.82, 2.24) is 0 Å². The van der Waals surface area contributed by atoms with Crippen molar-refractivity contribution in [2.75, 3.05) is 0 Å². The van der Waals surface area contributed by atoms with Crippen molar-refractivity contribution in [3.8, 4) is 0 Å². The fraction of sp³-hybridized carbons (Fsp3) is 0. The molecule has 0 aromatic heterocycles. The van der Waals surface area contributed by atoms with Crippen LogP contribution in [0.5, 0.6) is 0 Å². The molecule has 4 radical (unpaired) electrons. The lowest BCUT2D eigenvalue weighted by Crippen LogP contribution is -2.43. The second kappa shape index (κ2) is 11.5. The maximum absolute atomic E-state index is 8.41. The minimum Gasteiger partial charge on any atom is -0.357 e. The maximum Gasteiger partial charge on any atom is 2.00 e. The number of hydrogen-bond donors (Lipinski definition) is 0. The Hall–Kier alpha value is 0.690. The average molecular weight is 199 g/mol. The molecule has 0 amide bonds. The molecule has 0 aliphatic heterocycles. The van der Waals surface area contributed by atoms with E-state index in [9.17, 15) is 0 Å². The monoisotopic (exact) mass is 198 g/mol. The summed E-state index contributed by atoms with van der Waals surface area (Å²) < 4.78 is 50.4. The van der Waals surface area contributed by atoms with E-state index in [0.717, 1.165) is 0 Å². The van der Waals surface area contributed by atoms with Crippen LogP contribution in [0, 0.1) is 21.6 Å². The largest absolute Gasteiger partial charge is 2.00 e. The molecule has 0 spiro atoms. The lowest BCUT2D eigenvalue weighted by atomic mass is 15.8. The Labute approximate surface area is 63.6 Å². The number of halogens is 2. The molecule has 0 atom stereocenters. The van der Waals surface area contributed by atoms with Gasteiger partial charge in [0.25, 0.3) is 0 Å². The molecule has 0 heterocycles. The highest BCUT2D eigenvalue weighted by atomic mass is 35.6. The van der Waals surface area contributed by atoms with Crippen molar-refractivity contribution in [2.24, 2.45) is 0 Å². The first-order valence-electron chi connectivity index (χ1n) is 0.926. The van der Waals surface area contributed by atoms with Crippen LogP contribution >= 0.6 is 0 Å². The van der Waals surface area contributed by atoms with E-state index in [-0.39, 0.29) is 13.5 Å². The van der Waals surface area contributed by atoms with Crippen LogP contribution in [0.25, 0.3) is 0 Å². The van der Waals surface area contributed by atoms with Crippen LogP contribution in [0.15, 0.2) is 0 Å². The molecule has 0 aliphatic rings. The highest BCUT2D eigenvalue weighted by Crippen LogP contribution is 1.24. The Bertz CT molecular complexity index is 26.5. The van der Waals surface area contributed by atoms with Gasteiger partial charge in [-0.05, 0) is 0 Å². The van der Waals surface area contributed by atoms with Crippen LogP contribution in [0.3, 0.4) is 0 Å². The maximum atomic E-state index is 8.41. The van der Waals surface area contributed by atoms with Gasteiger partial charge in [-0.2, -0.15) is 0 Å². The van der Waals surface area contributed by atoms with E-state index in [1.807, 2.05) is 0 Å². The summed E-state index contributed by atoms with van der Waals surface area (Å²) in [6.07, 6.45) is 0. The predicted molar refractivity (Wildman–Crippen MR) is 7.37 cm³/mol. The number of hydrogen-bond acceptors (Lipinski definition) is 6. The van der Waals surface area contributed by atoms with Gasteiger partial charge in [-0.1, -0.05) is 0 Å². The summed E-state index contributed by atoms with van der Waals surface area (Å²) in [6.45, 7) is 0. The van der Waals surface area contributed by atoms with Crippen LogP contribution in [0.2, 0.25) is 0 Å². The van der Waals surface area contributed by atoms with Gasteiger partial charge < -0.3 is 28.0 Å². The lowest BCUT2D eigenvalue weighted by molar-refractivity contribution is -1.73. The topological polar surface area (TPSA) is 138 Å². The fourth-order valence-electron chi connectivity index (χ4n) is 0. The third kappa shape index (κ3) is 817. The van der Waals surface area contributed by atoms with Crippen LogP contribution in [0.1, 0.15) is 0 Å². The molecular formula is Cl2O6S. The molecule has 9 heteroatoms. The summed E-state index contributed by atoms with van der Waals surface area (Å²) in [7, 11) is -5.70. The Kier molecular flexibility index (Phi) is 20.9. The average Bonchev–Trinajstić information content (AvgIpc) is 1.25. The molecular weight excluding hydrogens is 199 g/mol. The second-order valence-electron chi connectivity index (χ2n) is 0.378. The zero-order valence-corrected chi connectivity index (χ0v) is 5.94. The van der Waals surface area contributed by atoms with Crippen LogP contribution in [0.4, 0.5) is 0 Å². The molecule has 0 aliphatic carbocycles. The summed E-state index contributed by atoms with van der Waals surface area (Å²) in [5, 5.41) is 0. The first-order valence-corrected chi connectivity index (χ1v) is 2.78. The quantitative estimate of drug-likeness (QED) is 0.379. The van der Waals surface area contributed by atoms with Gasteiger partial charge in [0.15, 0.2) is 0 Å².